The number of hydrogen-bond donors (Lipinski definition) is 0. The van der Waals surface area contributed by atoms with Gasteiger partial charge in [-0.25, -0.2) is 8.42 Å². The molecular formula is C20H23ClN2O3S. The molecule has 0 saturated heterocycles. The van der Waals surface area contributed by atoms with E-state index in [2.05, 4.69) is 6.58 Å². The quantitative estimate of drug-likeness (QED) is 0.647. The lowest BCUT2D eigenvalue weighted by Gasteiger charge is -2.25. The zero-order valence-electron chi connectivity index (χ0n) is 15.6. The maximum Gasteiger partial charge on any atom is 0.264 e. The van der Waals surface area contributed by atoms with Gasteiger partial charge in [-0.2, -0.15) is 0 Å². The van der Waals surface area contributed by atoms with Crippen LogP contribution in [0.1, 0.15) is 24.2 Å². The Balaban J connectivity index is 2.51. The van der Waals surface area contributed by atoms with E-state index in [1.807, 2.05) is 13.8 Å². The Morgan fingerprint density at radius 3 is 2.44 bits per heavy atom. The Morgan fingerprint density at radius 2 is 1.85 bits per heavy atom. The molecule has 0 heterocycles. The van der Waals surface area contributed by atoms with Gasteiger partial charge in [-0.05, 0) is 44.2 Å². The van der Waals surface area contributed by atoms with E-state index in [0.717, 1.165) is 0 Å². The van der Waals surface area contributed by atoms with Crippen molar-refractivity contribution >= 4 is 33.2 Å². The molecule has 0 aromatic heterocycles. The average Bonchev–Trinajstić information content (AvgIpc) is 2.65. The van der Waals surface area contributed by atoms with Crippen LogP contribution in [0.5, 0.6) is 0 Å². The van der Waals surface area contributed by atoms with E-state index in [4.69, 9.17) is 11.6 Å². The van der Waals surface area contributed by atoms with E-state index in [1.165, 1.54) is 22.5 Å². The summed E-state index contributed by atoms with van der Waals surface area (Å²) >= 11 is 6.21. The van der Waals surface area contributed by atoms with Crippen LogP contribution in [0.4, 0.5) is 5.69 Å². The van der Waals surface area contributed by atoms with Gasteiger partial charge in [-0.1, -0.05) is 35.9 Å². The number of carbonyl (C=O) groups is 1. The second kappa shape index (κ2) is 8.59. The van der Waals surface area contributed by atoms with Crippen LogP contribution in [-0.2, 0) is 10.0 Å². The van der Waals surface area contributed by atoms with Gasteiger partial charge >= 0.3 is 0 Å². The van der Waals surface area contributed by atoms with E-state index < -0.39 is 10.0 Å². The van der Waals surface area contributed by atoms with Gasteiger partial charge in [-0.15, -0.1) is 6.58 Å². The van der Waals surface area contributed by atoms with Crippen LogP contribution in [0.2, 0.25) is 5.02 Å². The van der Waals surface area contributed by atoms with Crippen LogP contribution in [-0.4, -0.2) is 38.9 Å². The summed E-state index contributed by atoms with van der Waals surface area (Å²) in [6.07, 6.45) is 1.49. The summed E-state index contributed by atoms with van der Waals surface area (Å²) in [6.45, 7) is 7.47. The largest absolute Gasteiger partial charge is 0.339 e. The third-order valence-electron chi connectivity index (χ3n) is 4.18. The third-order valence-corrected chi connectivity index (χ3v) is 6.28. The molecule has 5 nitrogen and oxygen atoms in total. The molecule has 0 aliphatic carbocycles. The highest BCUT2D eigenvalue weighted by Crippen LogP contribution is 2.30. The molecule has 27 heavy (non-hydrogen) atoms. The fraction of sp³-hybridized carbons (Fsp3) is 0.250. The van der Waals surface area contributed by atoms with E-state index in [1.54, 1.807) is 48.3 Å². The first-order valence-electron chi connectivity index (χ1n) is 8.45. The lowest BCUT2D eigenvalue weighted by atomic mass is 10.2. The van der Waals surface area contributed by atoms with Gasteiger partial charge in [-0.3, -0.25) is 9.10 Å². The molecule has 0 aliphatic heterocycles. The molecule has 0 fully saturated rings. The summed E-state index contributed by atoms with van der Waals surface area (Å²) in [7, 11) is -2.25. The summed E-state index contributed by atoms with van der Waals surface area (Å²) in [5.41, 5.74) is 0.667. The summed E-state index contributed by atoms with van der Waals surface area (Å²) in [5.74, 6) is -0.241. The van der Waals surface area contributed by atoms with Gasteiger partial charge in [0, 0.05) is 18.7 Å². The van der Waals surface area contributed by atoms with Crippen molar-refractivity contribution in [1.82, 2.24) is 4.90 Å². The van der Waals surface area contributed by atoms with Crippen LogP contribution in [0, 0.1) is 0 Å². The molecule has 0 aliphatic rings. The first-order chi connectivity index (χ1) is 12.7. The molecule has 7 heteroatoms. The summed E-state index contributed by atoms with van der Waals surface area (Å²) in [5, 5.41) is 0.315. The molecule has 1 amide bonds. The van der Waals surface area contributed by atoms with E-state index in [-0.39, 0.29) is 23.4 Å². The maximum atomic E-state index is 13.2. The van der Waals surface area contributed by atoms with Gasteiger partial charge in [0.15, 0.2) is 0 Å². The molecule has 0 unspecified atom stereocenters. The van der Waals surface area contributed by atoms with Crippen molar-refractivity contribution in [2.45, 2.75) is 24.8 Å². The number of carbonyl (C=O) groups excluding carboxylic acids is 1. The zero-order valence-corrected chi connectivity index (χ0v) is 17.2. The topological polar surface area (TPSA) is 57.7 Å². The SMILES string of the molecule is C=CCN(c1ccccc1Cl)S(=O)(=O)c1cccc(C(=O)N(C)C(C)C)c1. The molecule has 0 radical (unpaired) electrons. The molecule has 0 N–H and O–H groups in total. The van der Waals surface area contributed by atoms with Gasteiger partial charge in [0.1, 0.15) is 0 Å². The molecule has 0 atom stereocenters. The number of para-hydroxylation sites is 1. The molecule has 2 rings (SSSR count). The van der Waals surface area contributed by atoms with Crippen LogP contribution < -0.4 is 4.31 Å². The minimum Gasteiger partial charge on any atom is -0.339 e. The lowest BCUT2D eigenvalue weighted by Crippen LogP contribution is -2.34. The average molecular weight is 407 g/mol. The monoisotopic (exact) mass is 406 g/mol. The molecule has 2 aromatic rings. The van der Waals surface area contributed by atoms with Crippen LogP contribution in [0.3, 0.4) is 0 Å². The van der Waals surface area contributed by atoms with Crippen molar-refractivity contribution in [3.8, 4) is 0 Å². The Morgan fingerprint density at radius 1 is 1.19 bits per heavy atom. The standard InChI is InChI=1S/C20H23ClN2O3S/c1-5-13-23(19-12-7-6-11-18(19)21)27(25,26)17-10-8-9-16(14-17)20(24)22(4)15(2)3/h5-12,14-15H,1,13H2,2-4H3. The van der Waals surface area contributed by atoms with Crippen molar-refractivity contribution in [2.75, 3.05) is 17.9 Å². The predicted molar refractivity (Wildman–Crippen MR) is 110 cm³/mol. The second-order valence-corrected chi connectivity index (χ2v) is 8.58. The normalized spacial score (nSPS) is 11.3. The van der Waals surface area contributed by atoms with E-state index in [0.29, 0.717) is 16.3 Å². The first-order valence-corrected chi connectivity index (χ1v) is 10.3. The maximum absolute atomic E-state index is 13.2. The summed E-state index contributed by atoms with van der Waals surface area (Å²) in [4.78, 5) is 14.1. The minimum atomic E-state index is -3.93. The Labute approximate surface area is 165 Å². The number of halogens is 1. The molecule has 0 bridgehead atoms. The Hall–Kier alpha value is -2.31. The van der Waals surface area contributed by atoms with Crippen LogP contribution >= 0.6 is 11.6 Å². The smallest absolute Gasteiger partial charge is 0.264 e. The highest BCUT2D eigenvalue weighted by atomic mass is 35.5. The Bertz CT molecular complexity index is 942. The predicted octanol–water partition coefficient (Wildman–Crippen LogP) is 4.20. The molecule has 0 spiro atoms. The van der Waals surface area contributed by atoms with Gasteiger partial charge in [0.2, 0.25) is 0 Å². The molecule has 144 valence electrons. The van der Waals surface area contributed by atoms with Crippen LogP contribution in [0.15, 0.2) is 66.1 Å². The fourth-order valence-corrected chi connectivity index (χ4v) is 4.24. The number of sulfonamides is 1. The second-order valence-electron chi connectivity index (χ2n) is 6.31. The zero-order chi connectivity index (χ0) is 20.2. The van der Waals surface area contributed by atoms with Gasteiger partial charge in [0.05, 0.1) is 22.2 Å². The number of nitrogens with zero attached hydrogens (tertiary/aromatic N) is 2. The van der Waals surface area contributed by atoms with Crippen molar-refractivity contribution in [1.29, 1.82) is 0 Å². The van der Waals surface area contributed by atoms with Crippen molar-refractivity contribution in [3.63, 3.8) is 0 Å². The lowest BCUT2D eigenvalue weighted by molar-refractivity contribution is 0.0754. The molecular weight excluding hydrogens is 384 g/mol. The summed E-state index contributed by atoms with van der Waals surface area (Å²) < 4.78 is 27.7. The highest BCUT2D eigenvalue weighted by molar-refractivity contribution is 7.92. The van der Waals surface area contributed by atoms with Gasteiger partial charge < -0.3 is 4.90 Å². The third kappa shape index (κ3) is 4.51. The number of benzene rings is 2. The number of hydrogen-bond acceptors (Lipinski definition) is 3. The number of amides is 1. The fourth-order valence-electron chi connectivity index (χ4n) is 2.45. The number of rotatable bonds is 7. The first kappa shape index (κ1) is 21.0. The molecule has 0 saturated carbocycles. The Kier molecular flexibility index (Phi) is 6.68. The van der Waals surface area contributed by atoms with E-state index >= 15 is 0 Å². The van der Waals surface area contributed by atoms with Crippen molar-refractivity contribution in [3.05, 3.63) is 71.8 Å². The summed E-state index contributed by atoms with van der Waals surface area (Å²) in [6, 6.07) is 12.7. The molecule has 2 aromatic carbocycles. The number of anilines is 1. The highest BCUT2D eigenvalue weighted by Gasteiger charge is 2.27. The van der Waals surface area contributed by atoms with Gasteiger partial charge in [0.25, 0.3) is 15.9 Å². The minimum absolute atomic E-state index is 0.00171. The van der Waals surface area contributed by atoms with Crippen molar-refractivity contribution < 1.29 is 13.2 Å². The van der Waals surface area contributed by atoms with Crippen molar-refractivity contribution in [2.24, 2.45) is 0 Å². The van der Waals surface area contributed by atoms with Crippen LogP contribution in [0.25, 0.3) is 0 Å². The van der Waals surface area contributed by atoms with E-state index in [9.17, 15) is 13.2 Å².